The third-order valence-electron chi connectivity index (χ3n) is 2.24. The van der Waals surface area contributed by atoms with Crippen LogP contribution in [-0.2, 0) is 6.18 Å². The highest BCUT2D eigenvalue weighted by atomic mass is 19.4. The third kappa shape index (κ3) is 3.38. The molecule has 0 heterocycles. The minimum Gasteiger partial charge on any atom is -0.388 e. The van der Waals surface area contributed by atoms with Gasteiger partial charge in [0.05, 0.1) is 11.7 Å². The monoisotopic (exact) mass is 230 g/mol. The molecule has 1 aromatic carbocycles. The molecular weight excluding hydrogens is 217 g/mol. The van der Waals surface area contributed by atoms with Gasteiger partial charge in [-0.3, -0.25) is 0 Å². The second kappa shape index (κ2) is 5.16. The zero-order valence-electron chi connectivity index (χ0n) is 8.67. The average Bonchev–Trinajstić information content (AvgIpc) is 2.25. The molecule has 88 valence electrons. The first-order chi connectivity index (χ1) is 7.45. The van der Waals surface area contributed by atoms with Gasteiger partial charge in [0.15, 0.2) is 0 Å². The lowest BCUT2D eigenvalue weighted by Gasteiger charge is -2.12. The summed E-state index contributed by atoms with van der Waals surface area (Å²) in [5, 5.41) is 9.63. The molecule has 1 rings (SSSR count). The van der Waals surface area contributed by atoms with Crippen LogP contribution in [0.2, 0.25) is 0 Å². The fraction of sp³-hybridized carbons (Fsp3) is 0.333. The van der Waals surface area contributed by atoms with Crippen molar-refractivity contribution in [2.24, 2.45) is 0 Å². The molecule has 1 N–H and O–H groups in total. The van der Waals surface area contributed by atoms with E-state index in [1.807, 2.05) is 0 Å². The Bertz CT molecular complexity index is 358. The van der Waals surface area contributed by atoms with E-state index >= 15 is 0 Å². The highest BCUT2D eigenvalue weighted by Gasteiger charge is 2.30. The van der Waals surface area contributed by atoms with Gasteiger partial charge in [0.2, 0.25) is 0 Å². The predicted octanol–water partition coefficient (Wildman–Crippen LogP) is 3.71. The van der Waals surface area contributed by atoms with Crippen LogP contribution < -0.4 is 0 Å². The van der Waals surface area contributed by atoms with Gasteiger partial charge in [-0.15, -0.1) is 6.58 Å². The maximum Gasteiger partial charge on any atom is 0.416 e. The molecule has 0 aliphatic heterocycles. The lowest BCUT2D eigenvalue weighted by atomic mass is 10.0. The van der Waals surface area contributed by atoms with Crippen LogP contribution in [0.1, 0.15) is 30.1 Å². The van der Waals surface area contributed by atoms with Crippen LogP contribution in [0, 0.1) is 0 Å². The molecule has 0 saturated carbocycles. The zero-order chi connectivity index (χ0) is 12.2. The van der Waals surface area contributed by atoms with Gasteiger partial charge in [-0.25, -0.2) is 0 Å². The van der Waals surface area contributed by atoms with Gasteiger partial charge in [-0.2, -0.15) is 13.2 Å². The quantitative estimate of drug-likeness (QED) is 0.782. The predicted molar refractivity (Wildman–Crippen MR) is 55.8 cm³/mol. The highest BCUT2D eigenvalue weighted by Crippen LogP contribution is 2.31. The molecule has 0 bridgehead atoms. The lowest BCUT2D eigenvalue weighted by molar-refractivity contribution is -0.137. The van der Waals surface area contributed by atoms with E-state index in [4.69, 9.17) is 0 Å². The molecule has 1 unspecified atom stereocenters. The highest BCUT2D eigenvalue weighted by molar-refractivity contribution is 5.27. The Morgan fingerprint density at radius 2 is 2.06 bits per heavy atom. The van der Waals surface area contributed by atoms with Crippen molar-refractivity contribution >= 4 is 0 Å². The van der Waals surface area contributed by atoms with E-state index in [9.17, 15) is 18.3 Å². The molecule has 0 aromatic heterocycles. The molecule has 0 spiro atoms. The minimum absolute atomic E-state index is 0.289. The number of aliphatic hydroxyl groups is 1. The Labute approximate surface area is 92.2 Å². The molecule has 16 heavy (non-hydrogen) atoms. The van der Waals surface area contributed by atoms with Crippen molar-refractivity contribution in [2.75, 3.05) is 0 Å². The summed E-state index contributed by atoms with van der Waals surface area (Å²) in [6.45, 7) is 3.49. The molecule has 1 atom stereocenters. The van der Waals surface area contributed by atoms with E-state index < -0.39 is 17.8 Å². The van der Waals surface area contributed by atoms with E-state index in [2.05, 4.69) is 6.58 Å². The fourth-order valence-corrected chi connectivity index (χ4v) is 1.36. The van der Waals surface area contributed by atoms with Crippen LogP contribution >= 0.6 is 0 Å². The van der Waals surface area contributed by atoms with Gasteiger partial charge in [0.1, 0.15) is 0 Å². The first-order valence-electron chi connectivity index (χ1n) is 4.91. The lowest BCUT2D eigenvalue weighted by Crippen LogP contribution is -2.06. The summed E-state index contributed by atoms with van der Waals surface area (Å²) in [6.07, 6.45) is -2.67. The number of hydrogen-bond acceptors (Lipinski definition) is 1. The van der Waals surface area contributed by atoms with Crippen LogP contribution in [0.3, 0.4) is 0 Å². The normalized spacial score (nSPS) is 13.5. The Kier molecular flexibility index (Phi) is 4.12. The van der Waals surface area contributed by atoms with Crippen LogP contribution in [-0.4, -0.2) is 5.11 Å². The van der Waals surface area contributed by atoms with E-state index in [0.717, 1.165) is 12.1 Å². The standard InChI is InChI=1S/C12H13F3O/c1-2-3-7-11(16)9-5-4-6-10(8-9)12(13,14)15/h2,4-6,8,11,16H,1,3,7H2. The van der Waals surface area contributed by atoms with Gasteiger partial charge in [-0.05, 0) is 30.5 Å². The smallest absolute Gasteiger partial charge is 0.388 e. The fourth-order valence-electron chi connectivity index (χ4n) is 1.36. The van der Waals surface area contributed by atoms with E-state index in [1.165, 1.54) is 12.1 Å². The van der Waals surface area contributed by atoms with Crippen LogP contribution in [0.25, 0.3) is 0 Å². The molecule has 0 aliphatic rings. The van der Waals surface area contributed by atoms with Gasteiger partial charge in [0.25, 0.3) is 0 Å². The molecule has 0 fully saturated rings. The number of benzene rings is 1. The number of alkyl halides is 3. The second-order valence-corrected chi connectivity index (χ2v) is 3.51. The Morgan fingerprint density at radius 1 is 1.38 bits per heavy atom. The van der Waals surface area contributed by atoms with Crippen LogP contribution in [0.15, 0.2) is 36.9 Å². The van der Waals surface area contributed by atoms with Crippen molar-refractivity contribution in [2.45, 2.75) is 25.1 Å². The van der Waals surface area contributed by atoms with Crippen LogP contribution in [0.5, 0.6) is 0 Å². The maximum absolute atomic E-state index is 12.4. The van der Waals surface area contributed by atoms with Gasteiger partial charge in [-0.1, -0.05) is 18.2 Å². The summed E-state index contributed by atoms with van der Waals surface area (Å²) >= 11 is 0. The Hall–Kier alpha value is -1.29. The summed E-state index contributed by atoms with van der Waals surface area (Å²) in [5.41, 5.74) is -0.445. The number of rotatable bonds is 4. The average molecular weight is 230 g/mol. The second-order valence-electron chi connectivity index (χ2n) is 3.51. The van der Waals surface area contributed by atoms with Crippen molar-refractivity contribution < 1.29 is 18.3 Å². The molecule has 0 saturated heterocycles. The molecule has 4 heteroatoms. The first-order valence-corrected chi connectivity index (χ1v) is 4.91. The van der Waals surface area contributed by atoms with Crippen molar-refractivity contribution in [1.82, 2.24) is 0 Å². The van der Waals surface area contributed by atoms with Gasteiger partial charge < -0.3 is 5.11 Å². The summed E-state index contributed by atoms with van der Waals surface area (Å²) in [5.74, 6) is 0. The number of hydrogen-bond donors (Lipinski definition) is 1. The zero-order valence-corrected chi connectivity index (χ0v) is 8.67. The van der Waals surface area contributed by atoms with Crippen LogP contribution in [0.4, 0.5) is 13.2 Å². The Morgan fingerprint density at radius 3 is 2.62 bits per heavy atom. The summed E-state index contributed by atoms with van der Waals surface area (Å²) in [4.78, 5) is 0. The summed E-state index contributed by atoms with van der Waals surface area (Å²) in [7, 11) is 0. The molecule has 0 amide bonds. The summed E-state index contributed by atoms with van der Waals surface area (Å²) in [6, 6.07) is 4.76. The molecular formula is C12H13F3O. The number of aliphatic hydroxyl groups excluding tert-OH is 1. The molecule has 0 aliphatic carbocycles. The third-order valence-corrected chi connectivity index (χ3v) is 2.24. The maximum atomic E-state index is 12.4. The summed E-state index contributed by atoms with van der Waals surface area (Å²) < 4.78 is 37.2. The number of halogens is 3. The minimum atomic E-state index is -4.37. The topological polar surface area (TPSA) is 20.2 Å². The van der Waals surface area contributed by atoms with E-state index in [0.29, 0.717) is 12.8 Å². The molecule has 1 aromatic rings. The molecule has 0 radical (unpaired) electrons. The van der Waals surface area contributed by atoms with Crippen molar-refractivity contribution in [3.05, 3.63) is 48.0 Å². The molecule has 1 nitrogen and oxygen atoms in total. The number of allylic oxidation sites excluding steroid dienone is 1. The van der Waals surface area contributed by atoms with E-state index in [1.54, 1.807) is 6.08 Å². The largest absolute Gasteiger partial charge is 0.416 e. The van der Waals surface area contributed by atoms with Gasteiger partial charge in [0, 0.05) is 0 Å². The first kappa shape index (κ1) is 12.8. The Balaban J connectivity index is 2.85. The van der Waals surface area contributed by atoms with Crippen molar-refractivity contribution in [3.63, 3.8) is 0 Å². The van der Waals surface area contributed by atoms with Gasteiger partial charge >= 0.3 is 6.18 Å². The van der Waals surface area contributed by atoms with Crippen molar-refractivity contribution in [1.29, 1.82) is 0 Å². The van der Waals surface area contributed by atoms with Crippen molar-refractivity contribution in [3.8, 4) is 0 Å². The van der Waals surface area contributed by atoms with E-state index in [-0.39, 0.29) is 5.56 Å². The SMILES string of the molecule is C=CCCC(O)c1cccc(C(F)(F)F)c1.